The number of benzene rings is 1. The second-order valence-corrected chi connectivity index (χ2v) is 7.57. The Balaban J connectivity index is 1.83. The summed E-state index contributed by atoms with van der Waals surface area (Å²) >= 11 is 4.91. The molecule has 5 nitrogen and oxygen atoms in total. The molecular formula is C19H23FN4OS. The zero-order valence-electron chi connectivity index (χ0n) is 14.9. The van der Waals surface area contributed by atoms with Gasteiger partial charge in [-0.2, -0.15) is 0 Å². The Morgan fingerprint density at radius 1 is 1.31 bits per heavy atom. The highest BCUT2D eigenvalue weighted by Gasteiger charge is 2.30. The minimum atomic E-state index is -0.729. The van der Waals surface area contributed by atoms with Crippen LogP contribution in [0.5, 0.6) is 0 Å². The number of pyridine rings is 1. The summed E-state index contributed by atoms with van der Waals surface area (Å²) in [6.07, 6.45) is 2.24. The number of amides is 1. The molecule has 138 valence electrons. The summed E-state index contributed by atoms with van der Waals surface area (Å²) in [5.74, 6) is -1.11. The maximum atomic E-state index is 13.6. The van der Waals surface area contributed by atoms with Gasteiger partial charge in [0.05, 0.1) is 5.56 Å². The molecule has 1 aromatic heterocycles. The molecule has 2 aromatic rings. The maximum Gasteiger partial charge on any atom is 0.252 e. The summed E-state index contributed by atoms with van der Waals surface area (Å²) < 4.78 is 13.5. The van der Waals surface area contributed by atoms with Gasteiger partial charge in [-0.25, -0.2) is 4.39 Å². The van der Waals surface area contributed by atoms with E-state index in [0.717, 1.165) is 37.7 Å². The number of nitrogens with two attached hydrogens (primary N) is 1. The third-order valence-corrected chi connectivity index (χ3v) is 5.50. The van der Waals surface area contributed by atoms with Crippen molar-refractivity contribution in [3.63, 3.8) is 0 Å². The number of nitrogens with one attached hydrogen (secondary N) is 2. The molecule has 0 bridgehead atoms. The highest BCUT2D eigenvalue weighted by molar-refractivity contribution is 7.71. The summed E-state index contributed by atoms with van der Waals surface area (Å²) in [7, 11) is 2.15. The van der Waals surface area contributed by atoms with E-state index in [1.165, 1.54) is 5.56 Å². The van der Waals surface area contributed by atoms with Gasteiger partial charge in [-0.1, -0.05) is 31.3 Å². The minimum Gasteiger partial charge on any atom is -0.365 e. The van der Waals surface area contributed by atoms with Gasteiger partial charge in [0.2, 0.25) is 0 Å². The Labute approximate surface area is 157 Å². The van der Waals surface area contributed by atoms with Gasteiger partial charge in [0.25, 0.3) is 5.91 Å². The first kappa shape index (κ1) is 18.5. The van der Waals surface area contributed by atoms with E-state index in [-0.39, 0.29) is 15.6 Å². The molecule has 0 spiro atoms. The van der Waals surface area contributed by atoms with Gasteiger partial charge < -0.3 is 20.9 Å². The molecule has 0 radical (unpaired) electrons. The smallest absolute Gasteiger partial charge is 0.252 e. The Morgan fingerprint density at radius 2 is 1.92 bits per heavy atom. The van der Waals surface area contributed by atoms with Gasteiger partial charge in [0, 0.05) is 5.69 Å². The van der Waals surface area contributed by atoms with E-state index >= 15 is 0 Å². The van der Waals surface area contributed by atoms with Gasteiger partial charge in [0.15, 0.2) is 5.82 Å². The summed E-state index contributed by atoms with van der Waals surface area (Å²) in [4.78, 5) is 16.6. The van der Waals surface area contributed by atoms with Crippen LogP contribution in [-0.4, -0.2) is 35.9 Å². The second kappa shape index (κ2) is 7.17. The largest absolute Gasteiger partial charge is 0.365 e. The normalized spacial score (nSPS) is 17.0. The lowest BCUT2D eigenvalue weighted by atomic mass is 9.74. The van der Waals surface area contributed by atoms with Crippen LogP contribution in [-0.2, 0) is 5.41 Å². The quantitative estimate of drug-likeness (QED) is 0.713. The number of likely N-dealkylation sites (tertiary alicyclic amines) is 1. The topological polar surface area (TPSA) is 74.2 Å². The molecule has 1 amide bonds. The number of aromatic amines is 1. The number of H-pyrrole nitrogens is 1. The second-order valence-electron chi connectivity index (χ2n) is 7.17. The Kier molecular flexibility index (Phi) is 5.11. The van der Waals surface area contributed by atoms with Crippen LogP contribution in [0.25, 0.3) is 0 Å². The van der Waals surface area contributed by atoms with E-state index in [1.54, 1.807) is 0 Å². The summed E-state index contributed by atoms with van der Waals surface area (Å²) in [6, 6.07) is 9.14. The predicted molar refractivity (Wildman–Crippen MR) is 104 cm³/mol. The summed E-state index contributed by atoms with van der Waals surface area (Å²) in [5.41, 5.74) is 7.59. The number of carbonyl (C=O) groups excluding carboxylic acids is 1. The first-order valence-corrected chi connectivity index (χ1v) is 8.98. The maximum absolute atomic E-state index is 13.6. The number of rotatable bonds is 4. The van der Waals surface area contributed by atoms with E-state index < -0.39 is 11.7 Å². The fourth-order valence-electron chi connectivity index (χ4n) is 3.30. The molecule has 7 heteroatoms. The molecule has 0 saturated carbocycles. The van der Waals surface area contributed by atoms with Crippen LogP contribution in [0.4, 0.5) is 15.9 Å². The minimum absolute atomic E-state index is 0.0301. The number of carbonyl (C=O) groups is 1. The van der Waals surface area contributed by atoms with Crippen LogP contribution in [0, 0.1) is 10.5 Å². The number of halogens is 1. The van der Waals surface area contributed by atoms with E-state index in [1.807, 2.05) is 12.1 Å². The van der Waals surface area contributed by atoms with E-state index in [2.05, 4.69) is 41.3 Å². The number of anilines is 2. The zero-order valence-corrected chi connectivity index (χ0v) is 15.8. The first-order chi connectivity index (χ1) is 12.3. The van der Waals surface area contributed by atoms with Gasteiger partial charge in [-0.3, -0.25) is 4.79 Å². The van der Waals surface area contributed by atoms with Gasteiger partial charge in [0.1, 0.15) is 10.5 Å². The van der Waals surface area contributed by atoms with Crippen molar-refractivity contribution in [1.29, 1.82) is 0 Å². The molecular weight excluding hydrogens is 351 g/mol. The molecule has 3 rings (SSSR count). The SMILES string of the molecule is CN1CCC(C)(c2ccc(Nc3[nH]c(=S)c(F)cc3C(N)=O)cc2)CC1. The molecule has 1 aliphatic rings. The van der Waals surface area contributed by atoms with Crippen LogP contribution in [0.3, 0.4) is 0 Å². The Bertz CT molecular complexity index is 870. The fourth-order valence-corrected chi connectivity index (χ4v) is 3.46. The third kappa shape index (κ3) is 3.78. The van der Waals surface area contributed by atoms with Crippen molar-refractivity contribution < 1.29 is 9.18 Å². The first-order valence-electron chi connectivity index (χ1n) is 8.57. The highest BCUT2D eigenvalue weighted by atomic mass is 32.1. The van der Waals surface area contributed by atoms with E-state index in [9.17, 15) is 9.18 Å². The third-order valence-electron chi connectivity index (χ3n) is 5.20. The fraction of sp³-hybridized carbons (Fsp3) is 0.368. The van der Waals surface area contributed by atoms with Crippen LogP contribution in [0.1, 0.15) is 35.7 Å². The van der Waals surface area contributed by atoms with Crippen molar-refractivity contribution in [2.45, 2.75) is 25.2 Å². The molecule has 1 fully saturated rings. The predicted octanol–water partition coefficient (Wildman–Crippen LogP) is 3.71. The number of aromatic nitrogens is 1. The van der Waals surface area contributed by atoms with Crippen molar-refractivity contribution in [3.8, 4) is 0 Å². The molecule has 0 unspecified atom stereocenters. The standard InChI is InChI=1S/C19H23FN4OS/c1-19(7-9-24(2)10-8-19)12-3-5-13(6-4-12)22-17-14(16(21)25)11-15(20)18(26)23-17/h3-6,11H,7-10H2,1-2H3,(H2,21,25)(H2,22,23,26). The van der Waals surface area contributed by atoms with Crippen LogP contribution in [0.15, 0.2) is 30.3 Å². The molecule has 1 saturated heterocycles. The van der Waals surface area contributed by atoms with Crippen LogP contribution < -0.4 is 11.1 Å². The summed E-state index contributed by atoms with van der Waals surface area (Å²) in [6.45, 7) is 4.47. The van der Waals surface area contributed by atoms with Crippen LogP contribution in [0.2, 0.25) is 0 Å². The molecule has 26 heavy (non-hydrogen) atoms. The van der Waals surface area contributed by atoms with Gasteiger partial charge >= 0.3 is 0 Å². The molecule has 0 atom stereocenters. The number of hydrogen-bond acceptors (Lipinski definition) is 4. The molecule has 4 N–H and O–H groups in total. The van der Waals surface area contributed by atoms with Gasteiger partial charge in [-0.05, 0) is 62.2 Å². The van der Waals surface area contributed by atoms with E-state index in [0.29, 0.717) is 5.82 Å². The molecule has 1 aromatic carbocycles. The monoisotopic (exact) mass is 374 g/mol. The number of hydrogen-bond donors (Lipinski definition) is 3. The van der Waals surface area contributed by atoms with Crippen molar-refractivity contribution in [2.75, 3.05) is 25.5 Å². The Morgan fingerprint density at radius 3 is 2.50 bits per heavy atom. The average Bonchev–Trinajstić information content (AvgIpc) is 2.61. The van der Waals surface area contributed by atoms with Crippen LogP contribution >= 0.6 is 12.2 Å². The number of nitrogens with zero attached hydrogens (tertiary/aromatic N) is 1. The lowest BCUT2D eigenvalue weighted by Gasteiger charge is -2.38. The van der Waals surface area contributed by atoms with Crippen molar-refractivity contribution >= 4 is 29.6 Å². The van der Waals surface area contributed by atoms with Crippen molar-refractivity contribution in [1.82, 2.24) is 9.88 Å². The lowest BCUT2D eigenvalue weighted by Crippen LogP contribution is -2.38. The molecule has 2 heterocycles. The van der Waals surface area contributed by atoms with Crippen molar-refractivity contribution in [3.05, 3.63) is 51.9 Å². The average molecular weight is 374 g/mol. The molecule has 1 aliphatic heterocycles. The van der Waals surface area contributed by atoms with Gasteiger partial charge in [-0.15, -0.1) is 0 Å². The number of piperidine rings is 1. The Hall–Kier alpha value is -2.25. The zero-order chi connectivity index (χ0) is 18.9. The number of primary amides is 1. The van der Waals surface area contributed by atoms with E-state index in [4.69, 9.17) is 18.0 Å². The lowest BCUT2D eigenvalue weighted by molar-refractivity contribution is 0.100. The highest BCUT2D eigenvalue weighted by Crippen LogP contribution is 2.35. The molecule has 0 aliphatic carbocycles. The van der Waals surface area contributed by atoms with Crippen molar-refractivity contribution in [2.24, 2.45) is 5.73 Å². The summed E-state index contributed by atoms with van der Waals surface area (Å²) in [5, 5.41) is 3.07.